The summed E-state index contributed by atoms with van der Waals surface area (Å²) in [7, 11) is 0. The molecule has 0 saturated heterocycles. The lowest BCUT2D eigenvalue weighted by atomic mass is 10.3. The number of guanidine groups is 1. The van der Waals surface area contributed by atoms with Crippen molar-refractivity contribution in [1.82, 2.24) is 0 Å². The molecule has 0 spiro atoms. The molecule has 0 bridgehead atoms. The molecule has 0 aliphatic heterocycles. The summed E-state index contributed by atoms with van der Waals surface area (Å²) >= 11 is 1.86. The van der Waals surface area contributed by atoms with E-state index in [-0.39, 0.29) is 0 Å². The number of hydrogen-bond acceptors (Lipinski definition) is 3. The van der Waals surface area contributed by atoms with E-state index in [0.717, 1.165) is 30.2 Å². The van der Waals surface area contributed by atoms with E-state index in [2.05, 4.69) is 16.6 Å². The standard InChI is InChI=1S/C18H23N3OS/c1-23-13-6-5-12-20-18(19)21-15-8-7-11-17(14-15)22-16-9-3-2-4-10-16/h2-4,7-11,14H,5-6,12-13H2,1H3,(H3,19,20,21). The average Bonchev–Trinajstić information content (AvgIpc) is 2.56. The Kier molecular flexibility index (Phi) is 7.33. The van der Waals surface area contributed by atoms with Gasteiger partial charge in [0.15, 0.2) is 5.96 Å². The molecule has 0 aliphatic rings. The molecule has 0 saturated carbocycles. The van der Waals surface area contributed by atoms with Crippen molar-refractivity contribution in [3.8, 4) is 11.5 Å². The van der Waals surface area contributed by atoms with Crippen LogP contribution in [0.15, 0.2) is 59.6 Å². The molecule has 0 aromatic heterocycles. The third-order valence-corrected chi connectivity index (χ3v) is 3.82. The largest absolute Gasteiger partial charge is 0.457 e. The summed E-state index contributed by atoms with van der Waals surface area (Å²) in [5.41, 5.74) is 6.78. The molecule has 0 atom stereocenters. The van der Waals surface area contributed by atoms with Gasteiger partial charge in [-0.05, 0) is 49.1 Å². The Labute approximate surface area is 142 Å². The maximum Gasteiger partial charge on any atom is 0.193 e. The molecule has 0 radical (unpaired) electrons. The number of ether oxygens (including phenoxy) is 1. The number of aliphatic imine (C=N–C) groups is 1. The maximum absolute atomic E-state index is 5.92. The van der Waals surface area contributed by atoms with Crippen molar-refractivity contribution < 1.29 is 4.74 Å². The van der Waals surface area contributed by atoms with Crippen molar-refractivity contribution in [1.29, 1.82) is 0 Å². The summed E-state index contributed by atoms with van der Waals surface area (Å²) in [6.07, 6.45) is 4.34. The van der Waals surface area contributed by atoms with E-state index >= 15 is 0 Å². The summed E-state index contributed by atoms with van der Waals surface area (Å²) in [6.45, 7) is 0.750. The summed E-state index contributed by atoms with van der Waals surface area (Å²) in [6, 6.07) is 17.4. The van der Waals surface area contributed by atoms with Gasteiger partial charge in [0.2, 0.25) is 0 Å². The van der Waals surface area contributed by atoms with E-state index in [1.807, 2.05) is 66.4 Å². The van der Waals surface area contributed by atoms with E-state index in [0.29, 0.717) is 5.96 Å². The van der Waals surface area contributed by atoms with Crippen molar-refractivity contribution in [3.63, 3.8) is 0 Å². The molecule has 0 aliphatic carbocycles. The van der Waals surface area contributed by atoms with Crippen molar-refractivity contribution in [3.05, 3.63) is 54.6 Å². The molecule has 4 nitrogen and oxygen atoms in total. The fraction of sp³-hybridized carbons (Fsp3) is 0.278. The van der Waals surface area contributed by atoms with E-state index in [4.69, 9.17) is 10.5 Å². The van der Waals surface area contributed by atoms with Crippen LogP contribution in [0, 0.1) is 0 Å². The van der Waals surface area contributed by atoms with Gasteiger partial charge in [0.1, 0.15) is 11.5 Å². The van der Waals surface area contributed by atoms with Gasteiger partial charge in [0, 0.05) is 18.3 Å². The molecular weight excluding hydrogens is 306 g/mol. The van der Waals surface area contributed by atoms with Gasteiger partial charge >= 0.3 is 0 Å². The number of rotatable bonds is 8. The third-order valence-electron chi connectivity index (χ3n) is 3.12. The first kappa shape index (κ1) is 17.2. The summed E-state index contributed by atoms with van der Waals surface area (Å²) in [4.78, 5) is 4.34. The van der Waals surface area contributed by atoms with Gasteiger partial charge < -0.3 is 15.8 Å². The van der Waals surface area contributed by atoms with Crippen LogP contribution < -0.4 is 15.8 Å². The van der Waals surface area contributed by atoms with E-state index < -0.39 is 0 Å². The highest BCUT2D eigenvalue weighted by Crippen LogP contribution is 2.23. The Balaban J connectivity index is 1.88. The highest BCUT2D eigenvalue weighted by Gasteiger charge is 2.00. The number of nitrogens with one attached hydrogen (secondary N) is 1. The van der Waals surface area contributed by atoms with E-state index in [9.17, 15) is 0 Å². The Morgan fingerprint density at radius 1 is 1.09 bits per heavy atom. The first-order valence-electron chi connectivity index (χ1n) is 7.67. The predicted octanol–water partition coefficient (Wildman–Crippen LogP) is 4.35. The zero-order valence-corrected chi connectivity index (χ0v) is 14.2. The number of nitrogens with zero attached hydrogens (tertiary/aromatic N) is 1. The van der Waals surface area contributed by atoms with Crippen LogP contribution in [-0.2, 0) is 0 Å². The molecule has 2 rings (SSSR count). The summed E-state index contributed by atoms with van der Waals surface area (Å²) in [5, 5.41) is 3.10. The lowest BCUT2D eigenvalue weighted by molar-refractivity contribution is 0.483. The molecule has 3 N–H and O–H groups in total. The number of unbranched alkanes of at least 4 members (excludes halogenated alkanes) is 1. The predicted molar refractivity (Wildman–Crippen MR) is 101 cm³/mol. The van der Waals surface area contributed by atoms with E-state index in [1.54, 1.807) is 0 Å². The number of nitrogens with two attached hydrogens (primary N) is 1. The molecular formula is C18H23N3OS. The van der Waals surface area contributed by atoms with Gasteiger partial charge in [-0.3, -0.25) is 4.99 Å². The number of anilines is 1. The minimum atomic E-state index is 0.436. The van der Waals surface area contributed by atoms with Crippen molar-refractivity contribution >= 4 is 23.4 Å². The molecule has 122 valence electrons. The number of hydrogen-bond donors (Lipinski definition) is 2. The van der Waals surface area contributed by atoms with E-state index in [1.165, 1.54) is 12.2 Å². The van der Waals surface area contributed by atoms with Crippen molar-refractivity contribution in [2.24, 2.45) is 10.7 Å². The van der Waals surface area contributed by atoms with Crippen LogP contribution in [0.2, 0.25) is 0 Å². The SMILES string of the molecule is CSCCCCN=C(N)Nc1cccc(Oc2ccccc2)c1. The quantitative estimate of drug-likeness (QED) is 0.429. The van der Waals surface area contributed by atoms with Gasteiger partial charge in [-0.25, -0.2) is 0 Å². The molecule has 2 aromatic carbocycles. The Morgan fingerprint density at radius 3 is 2.65 bits per heavy atom. The van der Waals surface area contributed by atoms with Crippen LogP contribution in [0.3, 0.4) is 0 Å². The smallest absolute Gasteiger partial charge is 0.193 e. The number of benzene rings is 2. The fourth-order valence-corrected chi connectivity index (χ4v) is 2.50. The summed E-state index contributed by atoms with van der Waals surface area (Å²) in [5.74, 6) is 3.17. The van der Waals surface area contributed by atoms with Gasteiger partial charge in [0.25, 0.3) is 0 Å². The van der Waals surface area contributed by atoms with Gasteiger partial charge in [-0.1, -0.05) is 24.3 Å². The molecule has 0 fully saturated rings. The normalized spacial score (nSPS) is 11.3. The third kappa shape index (κ3) is 6.65. The van der Waals surface area contributed by atoms with Crippen molar-refractivity contribution in [2.45, 2.75) is 12.8 Å². The molecule has 0 unspecified atom stereocenters. The van der Waals surface area contributed by atoms with Crippen LogP contribution in [0.25, 0.3) is 0 Å². The van der Waals surface area contributed by atoms with Crippen LogP contribution in [0.5, 0.6) is 11.5 Å². The summed E-state index contributed by atoms with van der Waals surface area (Å²) < 4.78 is 5.80. The fourth-order valence-electron chi connectivity index (χ4n) is 2.01. The molecule has 2 aromatic rings. The lowest BCUT2D eigenvalue weighted by Gasteiger charge is -2.09. The Morgan fingerprint density at radius 2 is 1.87 bits per heavy atom. The van der Waals surface area contributed by atoms with Gasteiger partial charge in [0.05, 0.1) is 0 Å². The van der Waals surface area contributed by atoms with Crippen LogP contribution in [0.1, 0.15) is 12.8 Å². The second kappa shape index (κ2) is 9.79. The zero-order valence-electron chi connectivity index (χ0n) is 13.4. The second-order valence-corrected chi connectivity index (χ2v) is 6.02. The molecule has 5 heteroatoms. The van der Waals surface area contributed by atoms with Crippen molar-refractivity contribution in [2.75, 3.05) is 23.9 Å². The highest BCUT2D eigenvalue weighted by atomic mass is 32.2. The minimum Gasteiger partial charge on any atom is -0.457 e. The Bertz CT molecular complexity index is 617. The molecule has 23 heavy (non-hydrogen) atoms. The number of thioether (sulfide) groups is 1. The monoisotopic (exact) mass is 329 g/mol. The molecule has 0 heterocycles. The second-order valence-electron chi connectivity index (χ2n) is 5.03. The Hall–Kier alpha value is -2.14. The zero-order chi connectivity index (χ0) is 16.3. The maximum atomic E-state index is 5.92. The number of para-hydroxylation sites is 1. The van der Waals surface area contributed by atoms with Gasteiger partial charge in [-0.2, -0.15) is 11.8 Å². The average molecular weight is 329 g/mol. The first-order chi connectivity index (χ1) is 11.3. The molecule has 0 amide bonds. The van der Waals surface area contributed by atoms with Gasteiger partial charge in [-0.15, -0.1) is 0 Å². The first-order valence-corrected chi connectivity index (χ1v) is 9.06. The topological polar surface area (TPSA) is 59.6 Å². The van der Waals surface area contributed by atoms with Crippen LogP contribution >= 0.6 is 11.8 Å². The minimum absolute atomic E-state index is 0.436. The lowest BCUT2D eigenvalue weighted by Crippen LogP contribution is -2.22. The van der Waals surface area contributed by atoms with Crippen LogP contribution in [-0.4, -0.2) is 24.5 Å². The highest BCUT2D eigenvalue weighted by molar-refractivity contribution is 7.98. The van der Waals surface area contributed by atoms with Crippen LogP contribution in [0.4, 0.5) is 5.69 Å².